The number of likely N-dealkylation sites (tertiary alicyclic amines) is 1. The van der Waals surface area contributed by atoms with Crippen LogP contribution in [0.4, 0.5) is 0 Å². The molecule has 3 heterocycles. The number of fused-ring (bicyclic) bond motifs is 1. The van der Waals surface area contributed by atoms with Crippen molar-refractivity contribution in [2.75, 3.05) is 26.3 Å². The molecular weight excluding hydrogens is 346 g/mol. The summed E-state index contributed by atoms with van der Waals surface area (Å²) in [7, 11) is 0. The number of ether oxygens (including phenoxy) is 2. The molecule has 0 atom stereocenters. The molecule has 2 aliphatic heterocycles. The van der Waals surface area contributed by atoms with E-state index in [1.54, 1.807) is 30.1 Å². The van der Waals surface area contributed by atoms with E-state index in [9.17, 15) is 9.59 Å². The van der Waals surface area contributed by atoms with E-state index in [1.807, 2.05) is 17.0 Å². The van der Waals surface area contributed by atoms with Crippen molar-refractivity contribution < 1.29 is 14.3 Å². The molecule has 0 saturated carbocycles. The first-order chi connectivity index (χ1) is 13.1. The lowest BCUT2D eigenvalue weighted by Gasteiger charge is -2.33. The first kappa shape index (κ1) is 17.6. The monoisotopic (exact) mass is 369 g/mol. The SMILES string of the molecule is Cc1cncn(CC2CCN(C(=O)c3cccc4c3OCCO4)CC2)c1=O. The van der Waals surface area contributed by atoms with Crippen LogP contribution in [0.2, 0.25) is 0 Å². The van der Waals surface area contributed by atoms with Gasteiger partial charge in [0.25, 0.3) is 11.5 Å². The number of para-hydroxylation sites is 1. The highest BCUT2D eigenvalue weighted by molar-refractivity contribution is 5.98. The fourth-order valence-corrected chi connectivity index (χ4v) is 3.70. The van der Waals surface area contributed by atoms with Crippen molar-refractivity contribution in [2.24, 2.45) is 5.92 Å². The molecule has 1 aromatic heterocycles. The molecule has 2 aliphatic rings. The molecule has 142 valence electrons. The van der Waals surface area contributed by atoms with Gasteiger partial charge in [0, 0.05) is 31.4 Å². The topological polar surface area (TPSA) is 73.7 Å². The van der Waals surface area contributed by atoms with Gasteiger partial charge in [-0.3, -0.25) is 14.2 Å². The first-order valence-corrected chi connectivity index (χ1v) is 9.32. The van der Waals surface area contributed by atoms with Crippen LogP contribution in [0.3, 0.4) is 0 Å². The van der Waals surface area contributed by atoms with Crippen molar-refractivity contribution in [3.8, 4) is 11.5 Å². The van der Waals surface area contributed by atoms with E-state index in [4.69, 9.17) is 9.47 Å². The van der Waals surface area contributed by atoms with Gasteiger partial charge in [-0.05, 0) is 37.8 Å². The van der Waals surface area contributed by atoms with E-state index in [-0.39, 0.29) is 11.5 Å². The number of nitrogens with zero attached hydrogens (tertiary/aromatic N) is 3. The number of hydrogen-bond donors (Lipinski definition) is 0. The van der Waals surface area contributed by atoms with Crippen molar-refractivity contribution in [2.45, 2.75) is 26.3 Å². The molecule has 1 amide bonds. The molecule has 0 unspecified atom stereocenters. The predicted octanol–water partition coefficient (Wildman–Crippen LogP) is 1.88. The molecule has 0 bridgehead atoms. The summed E-state index contributed by atoms with van der Waals surface area (Å²) in [6, 6.07) is 5.44. The fraction of sp³-hybridized carbons (Fsp3) is 0.450. The Morgan fingerprint density at radius 3 is 2.81 bits per heavy atom. The van der Waals surface area contributed by atoms with E-state index in [1.165, 1.54) is 0 Å². The van der Waals surface area contributed by atoms with Gasteiger partial charge >= 0.3 is 0 Å². The van der Waals surface area contributed by atoms with Gasteiger partial charge in [0.2, 0.25) is 0 Å². The standard InChI is InChI=1S/C20H23N3O4/c1-14-11-21-13-23(19(14)24)12-15-5-7-22(8-6-15)20(25)16-3-2-4-17-18(16)27-10-9-26-17/h2-4,11,13,15H,5-10,12H2,1H3. The number of carbonyl (C=O) groups is 1. The number of hydrogen-bond acceptors (Lipinski definition) is 5. The highest BCUT2D eigenvalue weighted by Gasteiger charge is 2.28. The van der Waals surface area contributed by atoms with E-state index in [0.29, 0.717) is 61.4 Å². The molecule has 2 aromatic rings. The molecule has 0 N–H and O–H groups in total. The Kier molecular flexibility index (Phi) is 4.83. The van der Waals surface area contributed by atoms with Crippen molar-refractivity contribution in [1.29, 1.82) is 0 Å². The molecule has 7 heteroatoms. The Bertz CT molecular complexity index is 900. The number of aryl methyl sites for hydroxylation is 1. The molecule has 1 saturated heterocycles. The van der Waals surface area contributed by atoms with Crippen LogP contribution >= 0.6 is 0 Å². The highest BCUT2D eigenvalue weighted by Crippen LogP contribution is 2.34. The minimum atomic E-state index is -0.0230. The summed E-state index contributed by atoms with van der Waals surface area (Å²) in [6.45, 7) is 4.72. The third-order valence-electron chi connectivity index (χ3n) is 5.23. The van der Waals surface area contributed by atoms with Crippen molar-refractivity contribution in [3.05, 3.63) is 52.2 Å². The molecule has 0 radical (unpaired) electrons. The Labute approximate surface area is 157 Å². The number of amides is 1. The Morgan fingerprint density at radius 1 is 1.22 bits per heavy atom. The van der Waals surface area contributed by atoms with Crippen LogP contribution in [0, 0.1) is 12.8 Å². The summed E-state index contributed by atoms with van der Waals surface area (Å²) in [6.07, 6.45) is 4.91. The third-order valence-corrected chi connectivity index (χ3v) is 5.23. The Morgan fingerprint density at radius 2 is 2.00 bits per heavy atom. The van der Waals surface area contributed by atoms with Crippen molar-refractivity contribution in [1.82, 2.24) is 14.5 Å². The van der Waals surface area contributed by atoms with Gasteiger partial charge in [0.05, 0.1) is 11.9 Å². The lowest BCUT2D eigenvalue weighted by molar-refractivity contribution is 0.0672. The van der Waals surface area contributed by atoms with Crippen LogP contribution in [0.1, 0.15) is 28.8 Å². The van der Waals surface area contributed by atoms with Gasteiger partial charge in [0.1, 0.15) is 13.2 Å². The summed E-state index contributed by atoms with van der Waals surface area (Å²) in [5.41, 5.74) is 1.22. The average Bonchev–Trinajstić information content (AvgIpc) is 2.71. The van der Waals surface area contributed by atoms with E-state index >= 15 is 0 Å². The Hall–Kier alpha value is -2.83. The summed E-state index contributed by atoms with van der Waals surface area (Å²) in [5, 5.41) is 0. The Balaban J connectivity index is 1.41. The maximum absolute atomic E-state index is 13.0. The number of benzene rings is 1. The van der Waals surface area contributed by atoms with Crippen LogP contribution in [0.15, 0.2) is 35.5 Å². The molecule has 4 rings (SSSR count). The molecule has 7 nitrogen and oxygen atoms in total. The second kappa shape index (κ2) is 7.42. The van der Waals surface area contributed by atoms with Crippen molar-refractivity contribution in [3.63, 3.8) is 0 Å². The maximum atomic E-state index is 13.0. The largest absolute Gasteiger partial charge is 0.486 e. The molecular formula is C20H23N3O4. The van der Waals surface area contributed by atoms with Crippen LogP contribution in [-0.4, -0.2) is 46.7 Å². The van der Waals surface area contributed by atoms with Gasteiger partial charge < -0.3 is 14.4 Å². The quantitative estimate of drug-likeness (QED) is 0.826. The molecule has 1 aromatic carbocycles. The lowest BCUT2D eigenvalue weighted by Crippen LogP contribution is -2.40. The van der Waals surface area contributed by atoms with Crippen LogP contribution < -0.4 is 15.0 Å². The molecule has 27 heavy (non-hydrogen) atoms. The molecule has 0 spiro atoms. The van der Waals surface area contributed by atoms with Crippen LogP contribution in [0.5, 0.6) is 11.5 Å². The van der Waals surface area contributed by atoms with Crippen molar-refractivity contribution >= 4 is 5.91 Å². The minimum Gasteiger partial charge on any atom is -0.486 e. The van der Waals surface area contributed by atoms with Crippen LogP contribution in [-0.2, 0) is 6.54 Å². The number of aromatic nitrogens is 2. The number of piperidine rings is 1. The normalized spacial score (nSPS) is 17.0. The smallest absolute Gasteiger partial charge is 0.257 e. The number of carbonyl (C=O) groups excluding carboxylic acids is 1. The second-order valence-corrected chi connectivity index (χ2v) is 7.10. The molecule has 0 aliphatic carbocycles. The summed E-state index contributed by atoms with van der Waals surface area (Å²) < 4.78 is 12.9. The zero-order chi connectivity index (χ0) is 18.8. The maximum Gasteiger partial charge on any atom is 0.257 e. The summed E-state index contributed by atoms with van der Waals surface area (Å²) >= 11 is 0. The third kappa shape index (κ3) is 3.54. The van der Waals surface area contributed by atoms with E-state index in [0.717, 1.165) is 12.8 Å². The zero-order valence-corrected chi connectivity index (χ0v) is 15.4. The van der Waals surface area contributed by atoms with Gasteiger partial charge in [0.15, 0.2) is 11.5 Å². The summed E-state index contributed by atoms with van der Waals surface area (Å²) in [4.78, 5) is 31.1. The number of rotatable bonds is 3. The van der Waals surface area contributed by atoms with E-state index < -0.39 is 0 Å². The first-order valence-electron chi connectivity index (χ1n) is 9.32. The average molecular weight is 369 g/mol. The van der Waals surface area contributed by atoms with Gasteiger partial charge in [-0.25, -0.2) is 4.98 Å². The second-order valence-electron chi connectivity index (χ2n) is 7.10. The zero-order valence-electron chi connectivity index (χ0n) is 15.4. The fourth-order valence-electron chi connectivity index (χ4n) is 3.70. The summed E-state index contributed by atoms with van der Waals surface area (Å²) in [5.74, 6) is 1.52. The van der Waals surface area contributed by atoms with E-state index in [2.05, 4.69) is 4.98 Å². The molecule has 1 fully saturated rings. The lowest BCUT2D eigenvalue weighted by atomic mass is 9.96. The minimum absolute atomic E-state index is 0.0107. The van der Waals surface area contributed by atoms with Gasteiger partial charge in [-0.1, -0.05) is 6.07 Å². The van der Waals surface area contributed by atoms with Gasteiger partial charge in [-0.2, -0.15) is 0 Å². The van der Waals surface area contributed by atoms with Gasteiger partial charge in [-0.15, -0.1) is 0 Å². The highest BCUT2D eigenvalue weighted by atomic mass is 16.6. The predicted molar refractivity (Wildman–Crippen MR) is 99.3 cm³/mol. The van der Waals surface area contributed by atoms with Crippen LogP contribution in [0.25, 0.3) is 0 Å².